The Kier molecular flexibility index (Phi) is 3.08. The van der Waals surface area contributed by atoms with Crippen molar-refractivity contribution < 1.29 is 4.79 Å². The van der Waals surface area contributed by atoms with Crippen LogP contribution in [0, 0.1) is 35.0 Å². The van der Waals surface area contributed by atoms with Crippen LogP contribution in [0.4, 0.5) is 0 Å². The maximum atomic E-state index is 12.3. The molecule has 5 atom stereocenters. The lowest BCUT2D eigenvalue weighted by Crippen LogP contribution is -2.30. The zero-order valence-corrected chi connectivity index (χ0v) is 11.5. The van der Waals surface area contributed by atoms with E-state index in [-0.39, 0.29) is 11.8 Å². The first-order chi connectivity index (χ1) is 7.89. The summed E-state index contributed by atoms with van der Waals surface area (Å²) in [5, 5.41) is 0. The Morgan fingerprint density at radius 3 is 2.82 bits per heavy atom. The third kappa shape index (κ3) is 2.02. The quantitative estimate of drug-likeness (QED) is 0.675. The SMILES string of the molecule is C=C=C[C@@H](C)C[C@@H]1C(=O)[C@H](C)C[C@@H]2[C@H]1C2(C)C. The van der Waals surface area contributed by atoms with Gasteiger partial charge in [-0.1, -0.05) is 34.3 Å². The van der Waals surface area contributed by atoms with Crippen LogP contribution in [0.25, 0.3) is 0 Å². The molecule has 2 fully saturated rings. The summed E-state index contributed by atoms with van der Waals surface area (Å²) in [6.07, 6.45) is 4.09. The molecule has 1 heteroatoms. The zero-order valence-electron chi connectivity index (χ0n) is 11.5. The molecule has 2 saturated carbocycles. The van der Waals surface area contributed by atoms with Crippen LogP contribution in [0.1, 0.15) is 40.5 Å². The fourth-order valence-electron chi connectivity index (χ4n) is 4.01. The van der Waals surface area contributed by atoms with Crippen LogP contribution in [0.3, 0.4) is 0 Å². The van der Waals surface area contributed by atoms with Gasteiger partial charge in [-0.25, -0.2) is 0 Å². The summed E-state index contributed by atoms with van der Waals surface area (Å²) < 4.78 is 0. The van der Waals surface area contributed by atoms with Crippen LogP contribution in [0.15, 0.2) is 18.4 Å². The van der Waals surface area contributed by atoms with Crippen LogP contribution in [0.5, 0.6) is 0 Å². The van der Waals surface area contributed by atoms with Crippen LogP contribution >= 0.6 is 0 Å². The molecule has 0 unspecified atom stereocenters. The molecule has 2 rings (SSSR count). The van der Waals surface area contributed by atoms with Gasteiger partial charge in [-0.05, 0) is 42.1 Å². The van der Waals surface area contributed by atoms with E-state index in [0.717, 1.165) is 18.8 Å². The van der Waals surface area contributed by atoms with Crippen molar-refractivity contribution >= 4 is 5.78 Å². The van der Waals surface area contributed by atoms with Gasteiger partial charge in [-0.2, -0.15) is 0 Å². The second-order valence-electron chi connectivity index (χ2n) is 6.68. The third-order valence-corrected chi connectivity index (χ3v) is 5.06. The summed E-state index contributed by atoms with van der Waals surface area (Å²) in [6.45, 7) is 12.5. The fourth-order valence-corrected chi connectivity index (χ4v) is 4.01. The highest BCUT2D eigenvalue weighted by atomic mass is 16.1. The molecule has 0 heterocycles. The lowest BCUT2D eigenvalue weighted by Gasteiger charge is -2.26. The van der Waals surface area contributed by atoms with Crippen molar-refractivity contribution in [2.24, 2.45) is 35.0 Å². The largest absolute Gasteiger partial charge is 0.299 e. The van der Waals surface area contributed by atoms with Gasteiger partial charge in [0.05, 0.1) is 0 Å². The average molecular weight is 232 g/mol. The zero-order chi connectivity index (χ0) is 12.8. The molecule has 0 spiro atoms. The Bertz CT molecular complexity index is 373. The molecule has 17 heavy (non-hydrogen) atoms. The Hall–Kier alpha value is -0.810. The number of fused-ring (bicyclic) bond motifs is 1. The molecule has 94 valence electrons. The highest BCUT2D eigenvalue weighted by molar-refractivity contribution is 5.85. The van der Waals surface area contributed by atoms with Crippen molar-refractivity contribution in [2.75, 3.05) is 0 Å². The summed E-state index contributed by atoms with van der Waals surface area (Å²) in [6, 6.07) is 0. The van der Waals surface area contributed by atoms with Crippen LogP contribution in [-0.4, -0.2) is 5.78 Å². The monoisotopic (exact) mass is 232 g/mol. The number of ketones is 1. The van der Waals surface area contributed by atoms with E-state index in [9.17, 15) is 4.79 Å². The average Bonchev–Trinajstić information content (AvgIpc) is 2.76. The van der Waals surface area contributed by atoms with Crippen molar-refractivity contribution in [3.05, 3.63) is 18.4 Å². The Morgan fingerprint density at radius 2 is 2.24 bits per heavy atom. The van der Waals surface area contributed by atoms with Gasteiger partial charge in [0.15, 0.2) is 0 Å². The number of hydrogen-bond acceptors (Lipinski definition) is 1. The number of hydrogen-bond donors (Lipinski definition) is 0. The van der Waals surface area contributed by atoms with Crippen molar-refractivity contribution in [2.45, 2.75) is 40.5 Å². The van der Waals surface area contributed by atoms with E-state index in [1.54, 1.807) is 0 Å². The van der Waals surface area contributed by atoms with Gasteiger partial charge in [0, 0.05) is 11.8 Å². The van der Waals surface area contributed by atoms with E-state index in [4.69, 9.17) is 0 Å². The molecule has 2 aliphatic rings. The molecule has 2 aliphatic carbocycles. The standard InChI is InChI=1S/C16H24O/c1-6-7-10(2)8-12-14-13(16(14,4)5)9-11(3)15(12)17/h7,10-14H,1,8-9H2,2-5H3/t10-,11-,12+,13-,14+/m1/s1. The summed E-state index contributed by atoms with van der Waals surface area (Å²) in [5.74, 6) is 2.87. The molecular formula is C16H24O. The fraction of sp³-hybridized carbons (Fsp3) is 0.750. The molecule has 0 N–H and O–H groups in total. The minimum atomic E-state index is 0.267. The smallest absolute Gasteiger partial charge is 0.139 e. The van der Waals surface area contributed by atoms with Crippen molar-refractivity contribution in [1.29, 1.82) is 0 Å². The first kappa shape index (κ1) is 12.6. The first-order valence-electron chi connectivity index (χ1n) is 6.79. The third-order valence-electron chi connectivity index (χ3n) is 5.06. The van der Waals surface area contributed by atoms with Crippen LogP contribution in [-0.2, 0) is 4.79 Å². The predicted molar refractivity (Wildman–Crippen MR) is 70.5 cm³/mol. The van der Waals surface area contributed by atoms with Gasteiger partial charge in [-0.15, -0.1) is 5.73 Å². The normalized spacial score (nSPS) is 40.1. The Balaban J connectivity index is 2.13. The van der Waals surface area contributed by atoms with E-state index in [0.29, 0.717) is 23.0 Å². The molecule has 0 saturated heterocycles. The number of allylic oxidation sites excluding steroid dienone is 1. The molecule has 0 aromatic heterocycles. The maximum absolute atomic E-state index is 12.3. The number of rotatable bonds is 3. The van der Waals surface area contributed by atoms with Crippen molar-refractivity contribution in [3.63, 3.8) is 0 Å². The summed E-state index contributed by atoms with van der Waals surface area (Å²) in [7, 11) is 0. The summed E-state index contributed by atoms with van der Waals surface area (Å²) >= 11 is 0. The number of carbonyl (C=O) groups excluding carboxylic acids is 1. The molecule has 0 amide bonds. The maximum Gasteiger partial charge on any atom is 0.139 e. The lowest BCUT2D eigenvalue weighted by molar-refractivity contribution is -0.129. The van der Waals surface area contributed by atoms with E-state index in [1.807, 2.05) is 6.08 Å². The first-order valence-corrected chi connectivity index (χ1v) is 6.79. The van der Waals surface area contributed by atoms with Gasteiger partial charge < -0.3 is 0 Å². The molecular weight excluding hydrogens is 208 g/mol. The van der Waals surface area contributed by atoms with E-state index in [1.165, 1.54) is 0 Å². The number of Topliss-reactive ketones (excluding diaryl/α,β-unsaturated/α-hetero) is 1. The highest BCUT2D eigenvalue weighted by Gasteiger charge is 2.64. The Morgan fingerprint density at radius 1 is 1.59 bits per heavy atom. The van der Waals surface area contributed by atoms with E-state index < -0.39 is 0 Å². The molecule has 0 bridgehead atoms. The van der Waals surface area contributed by atoms with Crippen molar-refractivity contribution in [3.8, 4) is 0 Å². The van der Waals surface area contributed by atoms with Crippen LogP contribution in [0.2, 0.25) is 0 Å². The molecule has 0 radical (unpaired) electrons. The second kappa shape index (κ2) is 4.14. The molecule has 1 nitrogen and oxygen atoms in total. The van der Waals surface area contributed by atoms with E-state index in [2.05, 4.69) is 40.0 Å². The number of carbonyl (C=O) groups is 1. The minimum absolute atomic E-state index is 0.267. The topological polar surface area (TPSA) is 17.1 Å². The molecule has 0 aromatic rings. The van der Waals surface area contributed by atoms with E-state index >= 15 is 0 Å². The minimum Gasteiger partial charge on any atom is -0.299 e. The summed E-state index contributed by atoms with van der Waals surface area (Å²) in [5.41, 5.74) is 3.24. The van der Waals surface area contributed by atoms with Gasteiger partial charge in [0.1, 0.15) is 5.78 Å². The Labute approximate surface area is 105 Å². The molecule has 0 aliphatic heterocycles. The van der Waals surface area contributed by atoms with Gasteiger partial charge in [0.2, 0.25) is 0 Å². The van der Waals surface area contributed by atoms with Gasteiger partial charge in [-0.3, -0.25) is 4.79 Å². The predicted octanol–water partition coefficient (Wildman–Crippen LogP) is 3.85. The molecule has 0 aromatic carbocycles. The highest BCUT2D eigenvalue weighted by Crippen LogP contribution is 2.67. The van der Waals surface area contributed by atoms with Gasteiger partial charge >= 0.3 is 0 Å². The lowest BCUT2D eigenvalue weighted by atomic mass is 9.77. The van der Waals surface area contributed by atoms with Crippen LogP contribution < -0.4 is 0 Å². The second-order valence-corrected chi connectivity index (χ2v) is 6.68. The van der Waals surface area contributed by atoms with Gasteiger partial charge in [0.25, 0.3) is 0 Å². The van der Waals surface area contributed by atoms with Crippen molar-refractivity contribution in [1.82, 2.24) is 0 Å². The summed E-state index contributed by atoms with van der Waals surface area (Å²) in [4.78, 5) is 12.3.